The fourth-order valence-electron chi connectivity index (χ4n) is 2.12. The number of carbonyl (C=O) groups is 1. The van der Waals surface area contributed by atoms with Gasteiger partial charge in [-0.15, -0.1) is 24.0 Å². The zero-order valence-corrected chi connectivity index (χ0v) is 17.8. The number of hydrogen-bond donors (Lipinski definition) is 3. The second kappa shape index (κ2) is 9.98. The molecule has 1 amide bonds. The fraction of sp³-hybridized carbons (Fsp3) is 0.250. The van der Waals surface area contributed by atoms with E-state index >= 15 is 0 Å². The number of furan rings is 1. The molecule has 1 unspecified atom stereocenters. The smallest absolute Gasteiger partial charge is 0.284 e. The lowest BCUT2D eigenvalue weighted by Crippen LogP contribution is -2.38. The summed E-state index contributed by atoms with van der Waals surface area (Å²) in [5.41, 5.74) is 5.68. The van der Waals surface area contributed by atoms with E-state index in [1.807, 2.05) is 0 Å². The van der Waals surface area contributed by atoms with Crippen molar-refractivity contribution in [1.82, 2.24) is 10.6 Å². The molecule has 1 aromatic carbocycles. The quantitative estimate of drug-likeness (QED) is 0.244. The van der Waals surface area contributed by atoms with Gasteiger partial charge in [-0.2, -0.15) is 0 Å². The summed E-state index contributed by atoms with van der Waals surface area (Å²) in [5.74, 6) is -0.151. The monoisotopic (exact) mass is 514 g/mol. The second-order valence-electron chi connectivity index (χ2n) is 5.21. The van der Waals surface area contributed by atoms with Gasteiger partial charge in [0.2, 0.25) is 0 Å². The van der Waals surface area contributed by atoms with Gasteiger partial charge in [0, 0.05) is 12.1 Å². The molecule has 6 nitrogen and oxygen atoms in total. The zero-order valence-electron chi connectivity index (χ0n) is 14.0. The van der Waals surface area contributed by atoms with Gasteiger partial charge in [-0.1, -0.05) is 23.2 Å². The summed E-state index contributed by atoms with van der Waals surface area (Å²) in [6.45, 7) is 2.09. The minimum atomic E-state index is -0.637. The van der Waals surface area contributed by atoms with E-state index in [1.54, 1.807) is 20.0 Å². The summed E-state index contributed by atoms with van der Waals surface area (Å²) in [4.78, 5) is 15.1. The number of nitrogens with zero attached hydrogens (tertiary/aromatic N) is 1. The Labute approximate surface area is 177 Å². The number of guanidine groups is 1. The van der Waals surface area contributed by atoms with Crippen LogP contribution in [0.1, 0.15) is 34.8 Å². The van der Waals surface area contributed by atoms with E-state index in [0.29, 0.717) is 22.3 Å². The van der Waals surface area contributed by atoms with Gasteiger partial charge < -0.3 is 20.8 Å². The van der Waals surface area contributed by atoms with Gasteiger partial charge in [0.1, 0.15) is 11.6 Å². The molecule has 1 atom stereocenters. The van der Waals surface area contributed by atoms with Gasteiger partial charge in [-0.05, 0) is 36.8 Å². The van der Waals surface area contributed by atoms with Gasteiger partial charge in [0.05, 0.1) is 17.6 Å². The Morgan fingerprint density at radius 3 is 2.62 bits per heavy atom. The average molecular weight is 515 g/mol. The van der Waals surface area contributed by atoms with E-state index in [2.05, 4.69) is 15.6 Å². The van der Waals surface area contributed by atoms with Gasteiger partial charge in [0.25, 0.3) is 5.91 Å². The van der Waals surface area contributed by atoms with E-state index < -0.39 is 11.7 Å². The summed E-state index contributed by atoms with van der Waals surface area (Å²) in [7, 11) is 1.59. The molecule has 0 saturated heterocycles. The molecule has 2 aromatic rings. The van der Waals surface area contributed by atoms with Crippen molar-refractivity contribution in [3.05, 3.63) is 57.2 Å². The van der Waals surface area contributed by atoms with Crippen molar-refractivity contribution in [2.24, 2.45) is 10.7 Å². The van der Waals surface area contributed by atoms with Crippen LogP contribution in [0.2, 0.25) is 10.0 Å². The SMILES string of the molecule is CN=C(NCc1ccc(C(N)=O)o1)NC(C)c1cc(F)c(Cl)cc1Cl.I. The van der Waals surface area contributed by atoms with Crippen molar-refractivity contribution in [3.8, 4) is 0 Å². The molecule has 26 heavy (non-hydrogen) atoms. The molecule has 1 heterocycles. The van der Waals surface area contributed by atoms with E-state index in [9.17, 15) is 9.18 Å². The van der Waals surface area contributed by atoms with Crippen molar-refractivity contribution in [3.63, 3.8) is 0 Å². The highest BCUT2D eigenvalue weighted by atomic mass is 127. The van der Waals surface area contributed by atoms with Gasteiger partial charge >= 0.3 is 0 Å². The van der Waals surface area contributed by atoms with Crippen LogP contribution in [-0.4, -0.2) is 18.9 Å². The van der Waals surface area contributed by atoms with Gasteiger partial charge in [-0.25, -0.2) is 4.39 Å². The van der Waals surface area contributed by atoms with Crippen molar-refractivity contribution < 1.29 is 13.6 Å². The zero-order chi connectivity index (χ0) is 18.6. The van der Waals surface area contributed by atoms with Crippen LogP contribution < -0.4 is 16.4 Å². The third-order valence-corrected chi connectivity index (χ3v) is 4.03. The Bertz CT molecular complexity index is 814. The number of primary amides is 1. The molecule has 0 aliphatic carbocycles. The molecule has 0 bridgehead atoms. The minimum Gasteiger partial charge on any atom is -0.454 e. The van der Waals surface area contributed by atoms with Crippen LogP contribution in [0.25, 0.3) is 0 Å². The van der Waals surface area contributed by atoms with Crippen molar-refractivity contribution >= 4 is 59.0 Å². The van der Waals surface area contributed by atoms with E-state index in [1.165, 1.54) is 18.2 Å². The Morgan fingerprint density at radius 1 is 1.35 bits per heavy atom. The highest BCUT2D eigenvalue weighted by Crippen LogP contribution is 2.28. The maximum absolute atomic E-state index is 13.7. The Morgan fingerprint density at radius 2 is 2.04 bits per heavy atom. The summed E-state index contributed by atoms with van der Waals surface area (Å²) < 4.78 is 18.9. The standard InChI is InChI=1S/C16H17Cl2FN4O2.HI/c1-8(10-5-13(19)12(18)6-11(10)17)23-16(21-2)22-7-9-3-4-14(25-9)15(20)24;/h3-6,8H,7H2,1-2H3,(H2,20,24)(H2,21,22,23);1H. The molecule has 0 aliphatic rings. The third-order valence-electron chi connectivity index (χ3n) is 3.42. The van der Waals surface area contributed by atoms with Gasteiger partial charge in [-0.3, -0.25) is 9.79 Å². The number of halogens is 4. The number of hydrogen-bond acceptors (Lipinski definition) is 3. The number of carbonyl (C=O) groups excluding carboxylic acids is 1. The first-order valence-corrected chi connectivity index (χ1v) is 8.07. The number of nitrogens with two attached hydrogens (primary N) is 1. The van der Waals surface area contributed by atoms with Crippen LogP contribution in [-0.2, 0) is 6.54 Å². The second-order valence-corrected chi connectivity index (χ2v) is 6.02. The molecule has 0 aliphatic heterocycles. The lowest BCUT2D eigenvalue weighted by molar-refractivity contribution is 0.0972. The number of benzene rings is 1. The molecule has 0 fully saturated rings. The summed E-state index contributed by atoms with van der Waals surface area (Å²) >= 11 is 11.8. The topological polar surface area (TPSA) is 92.6 Å². The molecule has 0 spiro atoms. The van der Waals surface area contributed by atoms with Crippen LogP contribution in [0.5, 0.6) is 0 Å². The molecule has 10 heteroatoms. The van der Waals surface area contributed by atoms with E-state index in [0.717, 1.165) is 0 Å². The third kappa shape index (κ3) is 5.75. The molecule has 4 N–H and O–H groups in total. The van der Waals surface area contributed by atoms with E-state index in [4.69, 9.17) is 33.4 Å². The lowest BCUT2D eigenvalue weighted by atomic mass is 10.1. The Balaban J connectivity index is 0.00000338. The van der Waals surface area contributed by atoms with Crippen molar-refractivity contribution in [2.75, 3.05) is 7.05 Å². The maximum atomic E-state index is 13.7. The summed E-state index contributed by atoms with van der Waals surface area (Å²) in [5, 5.41) is 6.41. The lowest BCUT2D eigenvalue weighted by Gasteiger charge is -2.19. The Hall–Kier alpha value is -1.52. The largest absolute Gasteiger partial charge is 0.454 e. The number of amides is 1. The number of rotatable bonds is 5. The minimum absolute atomic E-state index is 0. The predicted molar refractivity (Wildman–Crippen MR) is 111 cm³/mol. The van der Waals surface area contributed by atoms with E-state index in [-0.39, 0.29) is 47.3 Å². The molecule has 1 aromatic heterocycles. The van der Waals surface area contributed by atoms with Gasteiger partial charge in [0.15, 0.2) is 11.7 Å². The fourth-order valence-corrected chi connectivity index (χ4v) is 2.67. The van der Waals surface area contributed by atoms with Crippen molar-refractivity contribution in [2.45, 2.75) is 19.5 Å². The number of aliphatic imine (C=N–C) groups is 1. The highest BCUT2D eigenvalue weighted by Gasteiger charge is 2.15. The van der Waals surface area contributed by atoms with Crippen molar-refractivity contribution in [1.29, 1.82) is 0 Å². The summed E-state index contributed by atoms with van der Waals surface area (Å²) in [6.07, 6.45) is 0. The first-order chi connectivity index (χ1) is 11.8. The molecule has 2 rings (SSSR count). The molecular formula is C16H18Cl2FIN4O2. The average Bonchev–Trinajstić information content (AvgIpc) is 3.03. The van der Waals surface area contributed by atoms with Crippen LogP contribution in [0, 0.1) is 5.82 Å². The molecule has 0 radical (unpaired) electrons. The molecule has 142 valence electrons. The number of nitrogens with one attached hydrogen (secondary N) is 2. The maximum Gasteiger partial charge on any atom is 0.284 e. The van der Waals surface area contributed by atoms with Crippen LogP contribution in [0.3, 0.4) is 0 Å². The highest BCUT2D eigenvalue weighted by molar-refractivity contribution is 14.0. The van der Waals surface area contributed by atoms with Crippen LogP contribution in [0.4, 0.5) is 4.39 Å². The first-order valence-electron chi connectivity index (χ1n) is 7.32. The van der Waals surface area contributed by atoms with Crippen LogP contribution in [0.15, 0.2) is 33.7 Å². The Kier molecular flexibility index (Phi) is 8.65. The predicted octanol–water partition coefficient (Wildman–Crippen LogP) is 3.87. The summed E-state index contributed by atoms with van der Waals surface area (Å²) in [6, 6.07) is 5.43. The normalized spacial score (nSPS) is 12.3. The molecular weight excluding hydrogens is 497 g/mol. The first kappa shape index (κ1) is 22.5. The van der Waals surface area contributed by atoms with Crippen LogP contribution >= 0.6 is 47.2 Å². The molecule has 0 saturated carbocycles.